The Bertz CT molecular complexity index is 503. The highest BCUT2D eigenvalue weighted by Gasteiger charge is 2.13. The lowest BCUT2D eigenvalue weighted by Gasteiger charge is -2.05. The number of benzene rings is 1. The lowest BCUT2D eigenvalue weighted by atomic mass is 10.2. The highest BCUT2D eigenvalue weighted by molar-refractivity contribution is 9.10. The van der Waals surface area contributed by atoms with Gasteiger partial charge in [-0.05, 0) is 30.7 Å². The summed E-state index contributed by atoms with van der Waals surface area (Å²) >= 11 is 3.30. The third-order valence-electron chi connectivity index (χ3n) is 1.80. The molecule has 5 heteroatoms. The van der Waals surface area contributed by atoms with E-state index in [1.165, 1.54) is 6.07 Å². The molecule has 0 aromatic heterocycles. The highest BCUT2D eigenvalue weighted by atomic mass is 79.9. The number of aryl methyl sites for hydroxylation is 1. The van der Waals surface area contributed by atoms with Gasteiger partial charge in [0, 0.05) is 4.47 Å². The Balaban J connectivity index is 3.07. The third-order valence-corrected chi connectivity index (χ3v) is 4.09. The SMILES string of the molecule is C#CCNS(=O)(=O)c1ccc(Br)c(C)c1. The fourth-order valence-corrected chi connectivity index (χ4v) is 2.27. The van der Waals surface area contributed by atoms with Crippen molar-refractivity contribution >= 4 is 26.0 Å². The van der Waals surface area contributed by atoms with Crippen molar-refractivity contribution in [2.75, 3.05) is 6.54 Å². The molecule has 0 aliphatic heterocycles. The molecule has 3 nitrogen and oxygen atoms in total. The van der Waals surface area contributed by atoms with Gasteiger partial charge in [-0.3, -0.25) is 0 Å². The summed E-state index contributed by atoms with van der Waals surface area (Å²) < 4.78 is 26.4. The second-order valence-corrected chi connectivity index (χ2v) is 5.56. The van der Waals surface area contributed by atoms with E-state index in [-0.39, 0.29) is 11.4 Å². The summed E-state index contributed by atoms with van der Waals surface area (Å²) in [6.45, 7) is 1.82. The minimum atomic E-state index is -3.48. The van der Waals surface area contributed by atoms with Crippen LogP contribution in [0.2, 0.25) is 0 Å². The molecule has 0 heterocycles. The number of halogens is 1. The van der Waals surface area contributed by atoms with Crippen LogP contribution in [0.4, 0.5) is 0 Å². The summed E-state index contributed by atoms with van der Waals surface area (Å²) in [4.78, 5) is 0.221. The maximum atomic E-state index is 11.6. The Morgan fingerprint density at radius 1 is 1.53 bits per heavy atom. The van der Waals surface area contributed by atoms with Gasteiger partial charge in [-0.1, -0.05) is 21.9 Å². The van der Waals surface area contributed by atoms with Gasteiger partial charge in [-0.15, -0.1) is 6.42 Å². The first kappa shape index (κ1) is 12.2. The normalized spacial score (nSPS) is 11.0. The van der Waals surface area contributed by atoms with Crippen molar-refractivity contribution in [3.63, 3.8) is 0 Å². The van der Waals surface area contributed by atoms with Crippen LogP contribution in [0, 0.1) is 19.3 Å². The van der Waals surface area contributed by atoms with Crippen LogP contribution < -0.4 is 4.72 Å². The third kappa shape index (κ3) is 3.06. The van der Waals surface area contributed by atoms with Crippen molar-refractivity contribution in [2.45, 2.75) is 11.8 Å². The topological polar surface area (TPSA) is 46.2 Å². The molecule has 0 saturated heterocycles. The molecule has 0 aliphatic carbocycles. The van der Waals surface area contributed by atoms with Crippen molar-refractivity contribution in [2.24, 2.45) is 0 Å². The van der Waals surface area contributed by atoms with E-state index in [4.69, 9.17) is 6.42 Å². The molecule has 0 atom stereocenters. The minimum absolute atomic E-state index is 0.00253. The summed E-state index contributed by atoms with van der Waals surface area (Å²) in [5.41, 5.74) is 0.860. The lowest BCUT2D eigenvalue weighted by molar-refractivity contribution is 0.586. The molecular formula is C10H10BrNO2S. The number of hydrogen-bond donors (Lipinski definition) is 1. The van der Waals surface area contributed by atoms with E-state index in [0.29, 0.717) is 0 Å². The number of nitrogens with one attached hydrogen (secondary N) is 1. The van der Waals surface area contributed by atoms with E-state index in [1.54, 1.807) is 12.1 Å². The summed E-state index contributed by atoms with van der Waals surface area (Å²) in [6, 6.07) is 4.80. The van der Waals surface area contributed by atoms with Crippen molar-refractivity contribution in [1.82, 2.24) is 4.72 Å². The average Bonchev–Trinajstić information content (AvgIpc) is 2.19. The Hall–Kier alpha value is -0.830. The molecule has 80 valence electrons. The molecule has 0 radical (unpaired) electrons. The summed E-state index contributed by atoms with van der Waals surface area (Å²) in [7, 11) is -3.48. The van der Waals surface area contributed by atoms with Crippen LogP contribution in [0.1, 0.15) is 5.56 Å². The smallest absolute Gasteiger partial charge is 0.207 e. The minimum Gasteiger partial charge on any atom is -0.207 e. The van der Waals surface area contributed by atoms with Gasteiger partial charge in [0.15, 0.2) is 0 Å². The van der Waals surface area contributed by atoms with E-state index in [2.05, 4.69) is 26.6 Å². The maximum absolute atomic E-state index is 11.6. The predicted octanol–water partition coefficient (Wildman–Crippen LogP) is 1.67. The zero-order chi connectivity index (χ0) is 11.5. The molecule has 1 N–H and O–H groups in total. The first-order valence-corrected chi connectivity index (χ1v) is 6.44. The van der Waals surface area contributed by atoms with Crippen LogP contribution in [0.25, 0.3) is 0 Å². The lowest BCUT2D eigenvalue weighted by Crippen LogP contribution is -2.23. The van der Waals surface area contributed by atoms with Gasteiger partial charge >= 0.3 is 0 Å². The van der Waals surface area contributed by atoms with Gasteiger partial charge in [0.05, 0.1) is 11.4 Å². The molecule has 1 aromatic carbocycles. The van der Waals surface area contributed by atoms with E-state index in [0.717, 1.165) is 10.0 Å². The largest absolute Gasteiger partial charge is 0.241 e. The zero-order valence-corrected chi connectivity index (χ0v) is 10.5. The Labute approximate surface area is 98.1 Å². The number of rotatable bonds is 3. The first-order valence-electron chi connectivity index (χ1n) is 4.16. The Morgan fingerprint density at radius 3 is 2.73 bits per heavy atom. The second-order valence-electron chi connectivity index (χ2n) is 2.94. The molecule has 0 unspecified atom stereocenters. The molecular weight excluding hydrogens is 278 g/mol. The van der Waals surface area contributed by atoms with Gasteiger partial charge in [0.25, 0.3) is 0 Å². The van der Waals surface area contributed by atoms with E-state index in [1.807, 2.05) is 6.92 Å². The molecule has 0 fully saturated rings. The quantitative estimate of drug-likeness (QED) is 0.860. The molecule has 0 bridgehead atoms. The molecule has 1 aromatic rings. The summed E-state index contributed by atoms with van der Waals surface area (Å²) in [5, 5.41) is 0. The second kappa shape index (κ2) is 4.79. The standard InChI is InChI=1S/C10H10BrNO2S/c1-3-6-12-15(13,14)9-4-5-10(11)8(2)7-9/h1,4-5,7,12H,6H2,2H3. The predicted molar refractivity (Wildman–Crippen MR) is 62.9 cm³/mol. The van der Waals surface area contributed by atoms with Crippen molar-refractivity contribution in [3.05, 3.63) is 28.2 Å². The maximum Gasteiger partial charge on any atom is 0.241 e. The van der Waals surface area contributed by atoms with Crippen molar-refractivity contribution in [1.29, 1.82) is 0 Å². The van der Waals surface area contributed by atoms with Gasteiger partial charge in [0.1, 0.15) is 0 Å². The number of terminal acetylenes is 1. The first-order chi connectivity index (χ1) is 6.97. The van der Waals surface area contributed by atoms with Crippen LogP contribution in [0.3, 0.4) is 0 Å². The Morgan fingerprint density at radius 2 is 2.20 bits per heavy atom. The zero-order valence-electron chi connectivity index (χ0n) is 8.12. The van der Waals surface area contributed by atoms with E-state index < -0.39 is 10.0 Å². The van der Waals surface area contributed by atoms with E-state index >= 15 is 0 Å². The van der Waals surface area contributed by atoms with E-state index in [9.17, 15) is 8.42 Å². The molecule has 0 amide bonds. The molecule has 0 aliphatic rings. The molecule has 1 rings (SSSR count). The van der Waals surface area contributed by atoms with Gasteiger partial charge in [-0.25, -0.2) is 8.42 Å². The van der Waals surface area contributed by atoms with Crippen LogP contribution in [-0.4, -0.2) is 15.0 Å². The molecule has 0 spiro atoms. The monoisotopic (exact) mass is 287 g/mol. The fourth-order valence-electron chi connectivity index (χ4n) is 1.00. The number of hydrogen-bond acceptors (Lipinski definition) is 2. The fraction of sp³-hybridized carbons (Fsp3) is 0.200. The Kier molecular flexibility index (Phi) is 3.91. The summed E-state index contributed by atoms with van der Waals surface area (Å²) in [6.07, 6.45) is 4.98. The van der Waals surface area contributed by atoms with Gasteiger partial charge in [-0.2, -0.15) is 4.72 Å². The van der Waals surface area contributed by atoms with Crippen LogP contribution in [-0.2, 0) is 10.0 Å². The molecule has 15 heavy (non-hydrogen) atoms. The average molecular weight is 288 g/mol. The van der Waals surface area contributed by atoms with Crippen molar-refractivity contribution < 1.29 is 8.42 Å². The highest BCUT2D eigenvalue weighted by Crippen LogP contribution is 2.19. The summed E-state index contributed by atoms with van der Waals surface area (Å²) in [5.74, 6) is 2.22. The van der Waals surface area contributed by atoms with Crippen molar-refractivity contribution in [3.8, 4) is 12.3 Å². The van der Waals surface area contributed by atoms with Gasteiger partial charge < -0.3 is 0 Å². The number of sulfonamides is 1. The van der Waals surface area contributed by atoms with Gasteiger partial charge in [0.2, 0.25) is 10.0 Å². The van der Waals surface area contributed by atoms with Crippen LogP contribution >= 0.6 is 15.9 Å². The van der Waals surface area contributed by atoms with Crippen LogP contribution in [0.5, 0.6) is 0 Å². The molecule has 0 saturated carbocycles. The van der Waals surface area contributed by atoms with Crippen LogP contribution in [0.15, 0.2) is 27.6 Å².